The molecule has 0 aliphatic carbocycles. The summed E-state index contributed by atoms with van der Waals surface area (Å²) in [6.45, 7) is 0.383. The molecule has 3 N–H and O–H groups in total. The minimum Gasteiger partial charge on any atom is -0.338 e. The van der Waals surface area contributed by atoms with Crippen molar-refractivity contribution in [3.8, 4) is 6.07 Å². The second-order valence-electron chi connectivity index (χ2n) is 5.49. The van der Waals surface area contributed by atoms with Gasteiger partial charge in [-0.2, -0.15) is 5.26 Å². The number of carbonyl (C=O) groups is 2. The summed E-state index contributed by atoms with van der Waals surface area (Å²) in [6, 6.07) is 15.9. The van der Waals surface area contributed by atoms with Gasteiger partial charge in [0.05, 0.1) is 17.6 Å². The standard InChI is InChI=1S/C18H16N4O2/c19-11-12-5-7-13(8-6-12)21-18(24)20-10-9-15-14-3-1-2-4-16(14)22-17(15)23/h1-8,15H,9-10H2,(H,22,23)(H2,20,21,24)/t15-/m1/s1. The van der Waals surface area contributed by atoms with E-state index in [1.54, 1.807) is 24.3 Å². The van der Waals surface area contributed by atoms with Crippen LogP contribution in [0.3, 0.4) is 0 Å². The molecule has 3 amide bonds. The lowest BCUT2D eigenvalue weighted by Crippen LogP contribution is -2.31. The first kappa shape index (κ1) is 15.6. The molecule has 120 valence electrons. The van der Waals surface area contributed by atoms with Gasteiger partial charge in [-0.25, -0.2) is 4.79 Å². The summed E-state index contributed by atoms with van der Waals surface area (Å²) in [7, 11) is 0. The highest BCUT2D eigenvalue weighted by molar-refractivity contribution is 6.02. The van der Waals surface area contributed by atoms with Gasteiger partial charge >= 0.3 is 6.03 Å². The maximum absolute atomic E-state index is 12.0. The van der Waals surface area contributed by atoms with Crippen molar-refractivity contribution < 1.29 is 9.59 Å². The average molecular weight is 320 g/mol. The average Bonchev–Trinajstić information content (AvgIpc) is 2.91. The molecular weight excluding hydrogens is 304 g/mol. The van der Waals surface area contributed by atoms with Gasteiger partial charge in [0, 0.05) is 17.9 Å². The fourth-order valence-electron chi connectivity index (χ4n) is 2.70. The predicted molar refractivity (Wildman–Crippen MR) is 90.6 cm³/mol. The lowest BCUT2D eigenvalue weighted by molar-refractivity contribution is -0.117. The molecule has 0 saturated carbocycles. The van der Waals surface area contributed by atoms with Gasteiger partial charge in [-0.05, 0) is 42.3 Å². The van der Waals surface area contributed by atoms with Crippen molar-refractivity contribution in [1.29, 1.82) is 5.26 Å². The Morgan fingerprint density at radius 3 is 2.67 bits per heavy atom. The number of anilines is 2. The first-order valence-electron chi connectivity index (χ1n) is 7.62. The summed E-state index contributed by atoms with van der Waals surface area (Å²) in [6.07, 6.45) is 0.531. The van der Waals surface area contributed by atoms with Gasteiger partial charge in [-0.3, -0.25) is 4.79 Å². The van der Waals surface area contributed by atoms with E-state index < -0.39 is 0 Å². The van der Waals surface area contributed by atoms with Crippen molar-refractivity contribution in [2.45, 2.75) is 12.3 Å². The van der Waals surface area contributed by atoms with Crippen LogP contribution < -0.4 is 16.0 Å². The summed E-state index contributed by atoms with van der Waals surface area (Å²) in [5, 5.41) is 17.0. The molecule has 2 aromatic carbocycles. The van der Waals surface area contributed by atoms with E-state index in [0.29, 0.717) is 24.2 Å². The van der Waals surface area contributed by atoms with Crippen LogP contribution in [0.1, 0.15) is 23.5 Å². The largest absolute Gasteiger partial charge is 0.338 e. The Bertz CT molecular complexity index is 809. The van der Waals surface area contributed by atoms with Crippen molar-refractivity contribution in [1.82, 2.24) is 5.32 Å². The Morgan fingerprint density at radius 2 is 1.92 bits per heavy atom. The van der Waals surface area contributed by atoms with E-state index in [0.717, 1.165) is 11.3 Å². The van der Waals surface area contributed by atoms with Gasteiger partial charge in [0.15, 0.2) is 0 Å². The van der Waals surface area contributed by atoms with Crippen molar-refractivity contribution in [3.63, 3.8) is 0 Å². The number of nitrogens with zero attached hydrogens (tertiary/aromatic N) is 1. The fourth-order valence-corrected chi connectivity index (χ4v) is 2.70. The Morgan fingerprint density at radius 1 is 1.17 bits per heavy atom. The number of benzene rings is 2. The van der Waals surface area contributed by atoms with E-state index in [1.807, 2.05) is 30.3 Å². The van der Waals surface area contributed by atoms with Gasteiger partial charge < -0.3 is 16.0 Å². The Hall–Kier alpha value is -3.33. The molecular formula is C18H16N4O2. The summed E-state index contributed by atoms with van der Waals surface area (Å²) in [4.78, 5) is 23.9. The number of amides is 3. The minimum absolute atomic E-state index is 0.0366. The number of para-hydroxylation sites is 1. The van der Waals surface area contributed by atoms with Crippen molar-refractivity contribution in [3.05, 3.63) is 59.7 Å². The molecule has 1 atom stereocenters. The number of hydrogen-bond donors (Lipinski definition) is 3. The monoisotopic (exact) mass is 320 g/mol. The maximum atomic E-state index is 12.0. The zero-order valence-corrected chi connectivity index (χ0v) is 12.9. The topological polar surface area (TPSA) is 94.0 Å². The number of nitriles is 1. The molecule has 0 spiro atoms. The number of rotatable bonds is 4. The fraction of sp³-hybridized carbons (Fsp3) is 0.167. The molecule has 0 aromatic heterocycles. The van der Waals surface area contributed by atoms with Crippen LogP contribution in [-0.4, -0.2) is 18.5 Å². The van der Waals surface area contributed by atoms with Crippen LogP contribution in [0.15, 0.2) is 48.5 Å². The first-order chi connectivity index (χ1) is 11.7. The van der Waals surface area contributed by atoms with E-state index >= 15 is 0 Å². The van der Waals surface area contributed by atoms with Gasteiger partial charge in [0.1, 0.15) is 0 Å². The number of nitrogens with one attached hydrogen (secondary N) is 3. The van der Waals surface area contributed by atoms with Crippen molar-refractivity contribution >= 4 is 23.3 Å². The Balaban J connectivity index is 1.50. The molecule has 24 heavy (non-hydrogen) atoms. The molecule has 6 nitrogen and oxygen atoms in total. The van der Waals surface area contributed by atoms with E-state index in [9.17, 15) is 9.59 Å². The van der Waals surface area contributed by atoms with E-state index in [1.165, 1.54) is 0 Å². The van der Waals surface area contributed by atoms with Crippen LogP contribution in [0, 0.1) is 11.3 Å². The van der Waals surface area contributed by atoms with Crippen LogP contribution in [0.25, 0.3) is 0 Å². The van der Waals surface area contributed by atoms with E-state index in [2.05, 4.69) is 16.0 Å². The van der Waals surface area contributed by atoms with Gasteiger partial charge in [0.25, 0.3) is 0 Å². The molecule has 0 saturated heterocycles. The maximum Gasteiger partial charge on any atom is 0.319 e. The summed E-state index contributed by atoms with van der Waals surface area (Å²) in [5.41, 5.74) is 2.95. The third kappa shape index (κ3) is 3.36. The number of fused-ring (bicyclic) bond motifs is 1. The molecule has 0 fully saturated rings. The minimum atomic E-state index is -0.341. The third-order valence-corrected chi connectivity index (χ3v) is 3.90. The number of hydrogen-bond acceptors (Lipinski definition) is 3. The zero-order chi connectivity index (χ0) is 16.9. The van der Waals surface area contributed by atoms with Crippen LogP contribution in [0.5, 0.6) is 0 Å². The molecule has 0 unspecified atom stereocenters. The van der Waals surface area contributed by atoms with Crippen molar-refractivity contribution in [2.24, 2.45) is 0 Å². The van der Waals surface area contributed by atoms with Gasteiger partial charge in [-0.15, -0.1) is 0 Å². The lowest BCUT2D eigenvalue weighted by Gasteiger charge is -2.11. The molecule has 0 bridgehead atoms. The second kappa shape index (κ2) is 6.84. The van der Waals surface area contributed by atoms with E-state index in [4.69, 9.17) is 5.26 Å². The van der Waals surface area contributed by atoms with Crippen molar-refractivity contribution in [2.75, 3.05) is 17.2 Å². The summed E-state index contributed by atoms with van der Waals surface area (Å²) < 4.78 is 0. The van der Waals surface area contributed by atoms with Crippen LogP contribution in [-0.2, 0) is 4.79 Å². The highest BCUT2D eigenvalue weighted by Crippen LogP contribution is 2.33. The number of carbonyl (C=O) groups excluding carboxylic acids is 2. The third-order valence-electron chi connectivity index (χ3n) is 3.90. The summed E-state index contributed by atoms with van der Waals surface area (Å²) >= 11 is 0. The molecule has 1 aliphatic rings. The highest BCUT2D eigenvalue weighted by atomic mass is 16.2. The molecule has 2 aromatic rings. The molecule has 1 heterocycles. The smallest absolute Gasteiger partial charge is 0.319 e. The van der Waals surface area contributed by atoms with Gasteiger partial charge in [-0.1, -0.05) is 18.2 Å². The normalized spacial score (nSPS) is 15.1. The quantitative estimate of drug-likeness (QED) is 0.808. The molecule has 1 aliphatic heterocycles. The first-order valence-corrected chi connectivity index (χ1v) is 7.62. The van der Waals surface area contributed by atoms with Crippen LogP contribution in [0.4, 0.5) is 16.2 Å². The lowest BCUT2D eigenvalue weighted by atomic mass is 9.97. The van der Waals surface area contributed by atoms with Gasteiger partial charge in [0.2, 0.25) is 5.91 Å². The molecule has 3 rings (SSSR count). The number of urea groups is 1. The molecule has 6 heteroatoms. The zero-order valence-electron chi connectivity index (χ0n) is 12.9. The SMILES string of the molecule is N#Cc1ccc(NC(=O)NCC[C@H]2C(=O)Nc3ccccc32)cc1. The van der Waals surface area contributed by atoms with Crippen LogP contribution >= 0.6 is 0 Å². The van der Waals surface area contributed by atoms with Crippen LogP contribution in [0.2, 0.25) is 0 Å². The molecule has 0 radical (unpaired) electrons. The predicted octanol–water partition coefficient (Wildman–Crippen LogP) is 2.81. The highest BCUT2D eigenvalue weighted by Gasteiger charge is 2.29. The van der Waals surface area contributed by atoms with E-state index in [-0.39, 0.29) is 17.9 Å². The Labute approximate surface area is 139 Å². The second-order valence-corrected chi connectivity index (χ2v) is 5.49. The Kier molecular flexibility index (Phi) is 4.43. The summed E-state index contributed by atoms with van der Waals surface area (Å²) in [5.74, 6) is -0.276.